The van der Waals surface area contributed by atoms with E-state index in [1.165, 1.54) is 0 Å². The Hall–Kier alpha value is -3.66. The van der Waals surface area contributed by atoms with Crippen LogP contribution in [-0.2, 0) is 17.3 Å². The number of amides is 1. The van der Waals surface area contributed by atoms with Crippen molar-refractivity contribution in [3.63, 3.8) is 0 Å². The van der Waals surface area contributed by atoms with Crippen LogP contribution in [0.1, 0.15) is 16.8 Å². The summed E-state index contributed by atoms with van der Waals surface area (Å²) in [6.07, 6.45) is 5.35. The third kappa shape index (κ3) is 4.78. The van der Waals surface area contributed by atoms with Crippen molar-refractivity contribution in [2.45, 2.75) is 5.54 Å². The first-order valence-electron chi connectivity index (χ1n) is 12.9. The van der Waals surface area contributed by atoms with E-state index in [0.29, 0.717) is 36.3 Å². The first-order chi connectivity index (χ1) is 19.3. The highest BCUT2D eigenvalue weighted by Gasteiger charge is 2.35. The van der Waals surface area contributed by atoms with Gasteiger partial charge in [0.15, 0.2) is 0 Å². The summed E-state index contributed by atoms with van der Waals surface area (Å²) in [7, 11) is 1.92. The van der Waals surface area contributed by atoms with Crippen molar-refractivity contribution in [3.8, 4) is 11.1 Å². The molecule has 0 saturated carbocycles. The Kier molecular flexibility index (Phi) is 7.12. The van der Waals surface area contributed by atoms with Crippen LogP contribution in [0.5, 0.6) is 0 Å². The summed E-state index contributed by atoms with van der Waals surface area (Å²) in [5.41, 5.74) is 14.3. The quantitative estimate of drug-likeness (QED) is 0.293. The van der Waals surface area contributed by atoms with Crippen LogP contribution in [0.15, 0.2) is 85.5 Å². The average molecular weight is 576 g/mol. The smallest absolute Gasteiger partial charge is 0.340 e. The number of carbonyl (C=O) groups excluding carboxylic acids is 1. The number of morpholine rings is 1. The van der Waals surface area contributed by atoms with Crippen LogP contribution in [-0.4, -0.2) is 51.5 Å². The minimum Gasteiger partial charge on any atom is -0.379 e. The molecule has 1 aliphatic heterocycles. The van der Waals surface area contributed by atoms with Crippen LogP contribution in [0.3, 0.4) is 0 Å². The molecule has 0 spiro atoms. The lowest BCUT2D eigenvalue weighted by molar-refractivity contribution is 0.0197. The molecule has 3 heterocycles. The van der Waals surface area contributed by atoms with E-state index in [4.69, 9.17) is 33.7 Å². The molecular weight excluding hydrogens is 547 g/mol. The van der Waals surface area contributed by atoms with Gasteiger partial charge in [-0.25, -0.2) is 14.8 Å². The summed E-state index contributed by atoms with van der Waals surface area (Å²) in [5, 5.41) is 3.97. The number of fused-ring (bicyclic) bond motifs is 1. The van der Waals surface area contributed by atoms with Crippen LogP contribution in [0.2, 0.25) is 10.0 Å². The van der Waals surface area contributed by atoms with Crippen molar-refractivity contribution in [2.75, 3.05) is 26.3 Å². The maximum Gasteiger partial charge on any atom is 0.340 e. The van der Waals surface area contributed by atoms with E-state index < -0.39 is 5.54 Å². The Morgan fingerprint density at radius 1 is 1.00 bits per heavy atom. The SMILES string of the molecule is Cn1cncc1C(N)(c1ccc(Cl)cc1)c1ccc2c(c1)c(-c1cccc(Cl)c1)cn2C(=O)NN1CCOCC1. The van der Waals surface area contributed by atoms with E-state index in [1.54, 1.807) is 17.1 Å². The summed E-state index contributed by atoms with van der Waals surface area (Å²) in [6.45, 7) is 2.39. The van der Waals surface area contributed by atoms with Crippen molar-refractivity contribution in [3.05, 3.63) is 112 Å². The van der Waals surface area contributed by atoms with Gasteiger partial charge in [-0.05, 0) is 53.1 Å². The molecule has 0 radical (unpaired) electrons. The van der Waals surface area contributed by atoms with Crippen molar-refractivity contribution < 1.29 is 9.53 Å². The molecule has 2 aromatic heterocycles. The summed E-state index contributed by atoms with van der Waals surface area (Å²) in [6, 6.07) is 20.8. The fraction of sp³-hybridized carbons (Fsp3) is 0.200. The van der Waals surface area contributed by atoms with Crippen LogP contribution in [0, 0.1) is 0 Å². The Labute approximate surface area is 241 Å². The lowest BCUT2D eigenvalue weighted by atomic mass is 9.80. The number of nitrogens with one attached hydrogen (secondary N) is 1. The Morgan fingerprint density at radius 2 is 1.75 bits per heavy atom. The maximum atomic E-state index is 13.5. The predicted octanol–water partition coefficient (Wildman–Crippen LogP) is 5.40. The average Bonchev–Trinajstić information content (AvgIpc) is 3.57. The molecule has 5 aromatic rings. The molecule has 0 bridgehead atoms. The van der Waals surface area contributed by atoms with Gasteiger partial charge >= 0.3 is 6.03 Å². The number of hydrogen-bond donors (Lipinski definition) is 2. The van der Waals surface area contributed by atoms with Gasteiger partial charge < -0.3 is 15.0 Å². The van der Waals surface area contributed by atoms with Gasteiger partial charge in [0.2, 0.25) is 0 Å². The van der Waals surface area contributed by atoms with Gasteiger partial charge in [-0.3, -0.25) is 9.99 Å². The molecule has 8 nitrogen and oxygen atoms in total. The third-order valence-corrected chi connectivity index (χ3v) is 7.89. The normalized spacial score (nSPS) is 15.7. The van der Waals surface area contributed by atoms with Gasteiger partial charge in [0.1, 0.15) is 5.54 Å². The number of nitrogens with two attached hydrogens (primary N) is 1. The standard InChI is InChI=1S/C30H28Cl2N6O2/c1-36-19-34-17-28(36)30(33,21-5-8-23(31)9-6-21)22-7-10-27-25(16-22)26(20-3-2-4-24(32)15-20)18-38(27)29(39)35-37-11-13-40-14-12-37/h2-10,15-19H,11-14,33H2,1H3,(H,35,39). The monoisotopic (exact) mass is 574 g/mol. The molecule has 10 heteroatoms. The van der Waals surface area contributed by atoms with Gasteiger partial charge in [0.25, 0.3) is 0 Å². The second kappa shape index (κ2) is 10.7. The molecule has 6 rings (SSSR count). The van der Waals surface area contributed by atoms with Gasteiger partial charge in [0, 0.05) is 47.3 Å². The lowest BCUT2D eigenvalue weighted by Gasteiger charge is -2.31. The number of rotatable bonds is 5. The van der Waals surface area contributed by atoms with E-state index in [1.807, 2.05) is 89.6 Å². The van der Waals surface area contributed by atoms with Crippen LogP contribution < -0.4 is 11.2 Å². The number of aryl methyl sites for hydroxylation is 1. The second-order valence-electron chi connectivity index (χ2n) is 9.88. The summed E-state index contributed by atoms with van der Waals surface area (Å²) in [4.78, 5) is 17.8. The highest BCUT2D eigenvalue weighted by molar-refractivity contribution is 6.31. The van der Waals surface area contributed by atoms with Gasteiger partial charge in [0.05, 0.1) is 36.9 Å². The fourth-order valence-corrected chi connectivity index (χ4v) is 5.62. The van der Waals surface area contributed by atoms with Crippen LogP contribution >= 0.6 is 23.2 Å². The van der Waals surface area contributed by atoms with E-state index in [0.717, 1.165) is 38.9 Å². The Bertz CT molecular complexity index is 1690. The molecular formula is C30H28Cl2N6O2. The molecule has 204 valence electrons. The zero-order valence-corrected chi connectivity index (χ0v) is 23.4. The van der Waals surface area contributed by atoms with Gasteiger partial charge in [-0.1, -0.05) is 53.5 Å². The zero-order chi connectivity index (χ0) is 27.9. The molecule has 1 atom stereocenters. The number of nitrogens with zero attached hydrogens (tertiary/aromatic N) is 4. The molecule has 1 saturated heterocycles. The maximum absolute atomic E-state index is 13.5. The molecule has 1 unspecified atom stereocenters. The van der Waals surface area contributed by atoms with Gasteiger partial charge in [-0.15, -0.1) is 0 Å². The van der Waals surface area contributed by atoms with Crippen molar-refractivity contribution in [2.24, 2.45) is 12.8 Å². The minimum absolute atomic E-state index is 0.253. The topological polar surface area (TPSA) is 90.3 Å². The molecule has 1 aliphatic rings. The first-order valence-corrected chi connectivity index (χ1v) is 13.7. The summed E-state index contributed by atoms with van der Waals surface area (Å²) >= 11 is 12.6. The zero-order valence-electron chi connectivity index (χ0n) is 21.8. The van der Waals surface area contributed by atoms with Crippen molar-refractivity contribution >= 4 is 40.1 Å². The third-order valence-electron chi connectivity index (χ3n) is 7.40. The van der Waals surface area contributed by atoms with E-state index in [-0.39, 0.29) is 6.03 Å². The number of ether oxygens (including phenoxy) is 1. The highest BCUT2D eigenvalue weighted by atomic mass is 35.5. The lowest BCUT2D eigenvalue weighted by Crippen LogP contribution is -2.49. The molecule has 3 N–H and O–H groups in total. The van der Waals surface area contributed by atoms with E-state index >= 15 is 0 Å². The van der Waals surface area contributed by atoms with Gasteiger partial charge in [-0.2, -0.15) is 0 Å². The molecule has 3 aromatic carbocycles. The fourth-order valence-electron chi connectivity index (χ4n) is 5.31. The number of benzene rings is 3. The second-order valence-corrected chi connectivity index (χ2v) is 10.7. The molecule has 1 fully saturated rings. The largest absolute Gasteiger partial charge is 0.379 e. The number of hydrogen-bond acceptors (Lipinski definition) is 5. The minimum atomic E-state index is -1.05. The number of imidazole rings is 1. The predicted molar refractivity (Wildman–Crippen MR) is 157 cm³/mol. The van der Waals surface area contributed by atoms with Crippen molar-refractivity contribution in [1.29, 1.82) is 0 Å². The van der Waals surface area contributed by atoms with E-state index in [2.05, 4.69) is 10.4 Å². The first kappa shape index (κ1) is 26.6. The number of aromatic nitrogens is 3. The van der Waals surface area contributed by atoms with Crippen molar-refractivity contribution in [1.82, 2.24) is 24.6 Å². The highest BCUT2D eigenvalue weighted by Crippen LogP contribution is 2.39. The number of carbonyl (C=O) groups is 1. The van der Waals surface area contributed by atoms with Crippen LogP contribution in [0.25, 0.3) is 22.0 Å². The molecule has 0 aliphatic carbocycles. The van der Waals surface area contributed by atoms with E-state index in [9.17, 15) is 4.79 Å². The molecule has 40 heavy (non-hydrogen) atoms. The Balaban J connectivity index is 1.54. The Morgan fingerprint density at radius 3 is 2.45 bits per heavy atom. The summed E-state index contributed by atoms with van der Waals surface area (Å²) < 4.78 is 8.97. The number of halogens is 2. The van der Waals surface area contributed by atoms with Crippen LogP contribution in [0.4, 0.5) is 4.79 Å². The molecule has 1 amide bonds. The summed E-state index contributed by atoms with van der Waals surface area (Å²) in [5.74, 6) is 0. The number of hydrazine groups is 1.